The molecule has 0 spiro atoms. The molecule has 2 aliphatic rings. The number of nitrogens with one attached hydrogen (secondary N) is 1. The van der Waals surface area contributed by atoms with Crippen molar-refractivity contribution in [1.29, 1.82) is 0 Å². The first-order valence-corrected chi connectivity index (χ1v) is 11.6. The van der Waals surface area contributed by atoms with Gasteiger partial charge in [-0.2, -0.15) is 0 Å². The molecule has 1 N–H and O–H groups in total. The normalized spacial score (nSPS) is 23.7. The van der Waals surface area contributed by atoms with E-state index in [0.717, 1.165) is 56.3 Å². The van der Waals surface area contributed by atoms with Gasteiger partial charge in [-0.25, -0.2) is 0 Å². The molecular formula is C21H31ClN3O2S+. The highest BCUT2D eigenvalue weighted by Crippen LogP contribution is 2.45. The lowest BCUT2D eigenvalue weighted by atomic mass is 10.1. The summed E-state index contributed by atoms with van der Waals surface area (Å²) in [5.41, 5.74) is 1.03. The molecule has 2 amide bonds. The van der Waals surface area contributed by atoms with Crippen LogP contribution in [0.1, 0.15) is 38.1 Å². The molecule has 2 atom stereocenters. The second kappa shape index (κ2) is 9.51. The molecule has 2 heterocycles. The van der Waals surface area contributed by atoms with Crippen molar-refractivity contribution in [3.05, 3.63) is 34.9 Å². The van der Waals surface area contributed by atoms with Crippen molar-refractivity contribution in [2.24, 2.45) is 5.92 Å². The number of quaternary nitrogens is 1. The number of nitrogens with zero attached hydrogens (tertiary/aromatic N) is 2. The van der Waals surface area contributed by atoms with Gasteiger partial charge in [0.1, 0.15) is 5.37 Å². The molecule has 28 heavy (non-hydrogen) atoms. The van der Waals surface area contributed by atoms with Gasteiger partial charge in [0.25, 0.3) is 0 Å². The monoisotopic (exact) mass is 424 g/mol. The highest BCUT2D eigenvalue weighted by Gasteiger charge is 2.41. The third-order valence-electron chi connectivity index (χ3n) is 5.66. The quantitative estimate of drug-likeness (QED) is 0.760. The summed E-state index contributed by atoms with van der Waals surface area (Å²) in [4.78, 5) is 30.5. The second-order valence-electron chi connectivity index (χ2n) is 7.92. The van der Waals surface area contributed by atoms with Crippen molar-refractivity contribution < 1.29 is 14.5 Å². The minimum atomic E-state index is -0.00522. The lowest BCUT2D eigenvalue weighted by Crippen LogP contribution is -3.15. The maximum atomic E-state index is 12.9. The van der Waals surface area contributed by atoms with Crippen molar-refractivity contribution in [2.45, 2.75) is 37.8 Å². The van der Waals surface area contributed by atoms with Gasteiger partial charge in [0.05, 0.1) is 44.5 Å². The predicted octanol–water partition coefficient (Wildman–Crippen LogP) is 2.08. The van der Waals surface area contributed by atoms with E-state index in [9.17, 15) is 9.59 Å². The molecule has 1 aromatic carbocycles. The van der Waals surface area contributed by atoms with Crippen molar-refractivity contribution in [1.82, 2.24) is 9.80 Å². The fourth-order valence-corrected chi connectivity index (χ4v) is 5.71. The maximum absolute atomic E-state index is 12.9. The molecule has 2 fully saturated rings. The molecule has 2 saturated heterocycles. The molecule has 2 aliphatic heterocycles. The predicted molar refractivity (Wildman–Crippen MR) is 115 cm³/mol. The Morgan fingerprint density at radius 1 is 1.29 bits per heavy atom. The number of piperazine rings is 1. The van der Waals surface area contributed by atoms with Crippen molar-refractivity contribution in [3.8, 4) is 0 Å². The van der Waals surface area contributed by atoms with Gasteiger partial charge < -0.3 is 14.7 Å². The van der Waals surface area contributed by atoms with E-state index in [1.54, 1.807) is 11.8 Å². The molecule has 5 nitrogen and oxygen atoms in total. The first-order valence-electron chi connectivity index (χ1n) is 10.2. The van der Waals surface area contributed by atoms with Gasteiger partial charge in [0.2, 0.25) is 11.8 Å². The van der Waals surface area contributed by atoms with Crippen LogP contribution in [0.15, 0.2) is 24.3 Å². The fourth-order valence-electron chi connectivity index (χ4n) is 3.94. The first-order chi connectivity index (χ1) is 13.4. The number of thioether (sulfide) groups is 1. The molecular weight excluding hydrogens is 394 g/mol. The third-order valence-corrected chi connectivity index (χ3v) is 7.63. The number of carbonyl (C=O) groups is 2. The zero-order chi connectivity index (χ0) is 20.3. The van der Waals surface area contributed by atoms with Crippen LogP contribution in [0.4, 0.5) is 0 Å². The van der Waals surface area contributed by atoms with Gasteiger partial charge in [0.15, 0.2) is 0 Å². The lowest BCUT2D eigenvalue weighted by Gasteiger charge is -2.34. The Hall–Kier alpha value is -1.24. The average Bonchev–Trinajstić information content (AvgIpc) is 3.02. The lowest BCUT2D eigenvalue weighted by molar-refractivity contribution is -0.903. The van der Waals surface area contributed by atoms with Crippen LogP contribution in [0, 0.1) is 5.92 Å². The summed E-state index contributed by atoms with van der Waals surface area (Å²) >= 11 is 8.15. The van der Waals surface area contributed by atoms with Gasteiger partial charge in [-0.15, -0.1) is 11.8 Å². The zero-order valence-corrected chi connectivity index (χ0v) is 18.6. The molecule has 0 unspecified atom stereocenters. The van der Waals surface area contributed by atoms with Crippen molar-refractivity contribution in [2.75, 3.05) is 39.3 Å². The largest absolute Gasteiger partial charge is 0.331 e. The number of hydrogen-bond acceptors (Lipinski definition) is 3. The Balaban J connectivity index is 1.61. The number of hydrogen-bond donors (Lipinski definition) is 1. The van der Waals surface area contributed by atoms with Crippen LogP contribution in [-0.2, 0) is 9.59 Å². The topological polar surface area (TPSA) is 45.1 Å². The number of carbonyl (C=O) groups excluding carboxylic acids is 2. The summed E-state index contributed by atoms with van der Waals surface area (Å²) in [6, 6.07) is 7.84. The van der Waals surface area contributed by atoms with E-state index in [1.165, 1.54) is 4.90 Å². The van der Waals surface area contributed by atoms with Crippen LogP contribution in [0.5, 0.6) is 0 Å². The zero-order valence-electron chi connectivity index (χ0n) is 17.0. The third kappa shape index (κ3) is 4.66. The van der Waals surface area contributed by atoms with Crippen molar-refractivity contribution in [3.63, 3.8) is 0 Å². The average molecular weight is 425 g/mol. The fraction of sp³-hybridized carbons (Fsp3) is 0.619. The highest BCUT2D eigenvalue weighted by molar-refractivity contribution is 8.01. The molecule has 0 radical (unpaired) electrons. The first kappa shape index (κ1) is 21.5. The molecule has 1 aromatic rings. The van der Waals surface area contributed by atoms with E-state index in [-0.39, 0.29) is 28.4 Å². The summed E-state index contributed by atoms with van der Waals surface area (Å²) in [5.74, 6) is 0.531. The standard InChI is InChI=1S/C21H30ClN3O2S/c1-4-18-20(27)25(21(28-18)16-7-5-6-8-17(16)22)14-11-23-9-12-24(13-10-23)19(26)15(2)3/h5-8,15,18,21H,4,9-14H2,1-3H3/p+1/t18-,21-/m1/s1. The van der Waals surface area contributed by atoms with E-state index < -0.39 is 0 Å². The molecule has 154 valence electrons. The summed E-state index contributed by atoms with van der Waals surface area (Å²) in [5, 5.41) is 0.730. The highest BCUT2D eigenvalue weighted by atomic mass is 35.5. The van der Waals surface area contributed by atoms with Crippen LogP contribution in [-0.4, -0.2) is 66.1 Å². The van der Waals surface area contributed by atoms with Crippen LogP contribution >= 0.6 is 23.4 Å². The maximum Gasteiger partial charge on any atom is 0.237 e. The van der Waals surface area contributed by atoms with Gasteiger partial charge in [0, 0.05) is 16.5 Å². The van der Waals surface area contributed by atoms with Gasteiger partial charge in [-0.05, 0) is 12.5 Å². The Morgan fingerprint density at radius 2 is 1.96 bits per heavy atom. The molecule has 0 saturated carbocycles. The van der Waals surface area contributed by atoms with E-state index in [0.29, 0.717) is 0 Å². The number of amides is 2. The smallest absolute Gasteiger partial charge is 0.237 e. The van der Waals surface area contributed by atoms with E-state index in [4.69, 9.17) is 11.6 Å². The van der Waals surface area contributed by atoms with Gasteiger partial charge in [-0.3, -0.25) is 9.59 Å². The summed E-state index contributed by atoms with van der Waals surface area (Å²) in [6.07, 6.45) is 0.837. The molecule has 3 rings (SSSR count). The number of benzene rings is 1. The van der Waals surface area contributed by atoms with Gasteiger partial charge in [-0.1, -0.05) is 50.6 Å². The summed E-state index contributed by atoms with van der Waals surface area (Å²) in [6.45, 7) is 11.1. The van der Waals surface area contributed by atoms with Crippen LogP contribution in [0.25, 0.3) is 0 Å². The molecule has 0 aromatic heterocycles. The van der Waals surface area contributed by atoms with Crippen molar-refractivity contribution >= 4 is 35.2 Å². The minimum absolute atomic E-state index is 0.00522. The van der Waals surface area contributed by atoms with Crippen LogP contribution in [0.2, 0.25) is 5.02 Å². The Labute approximate surface area is 177 Å². The number of rotatable bonds is 6. The Kier molecular flexibility index (Phi) is 7.29. The summed E-state index contributed by atoms with van der Waals surface area (Å²) < 4.78 is 0. The second-order valence-corrected chi connectivity index (χ2v) is 9.61. The van der Waals surface area contributed by atoms with Crippen LogP contribution < -0.4 is 4.90 Å². The molecule has 7 heteroatoms. The number of halogens is 1. The van der Waals surface area contributed by atoms with E-state index in [2.05, 4.69) is 6.92 Å². The minimum Gasteiger partial charge on any atom is -0.331 e. The van der Waals surface area contributed by atoms with Gasteiger partial charge >= 0.3 is 0 Å². The van der Waals surface area contributed by atoms with E-state index >= 15 is 0 Å². The summed E-state index contributed by atoms with van der Waals surface area (Å²) in [7, 11) is 0. The Morgan fingerprint density at radius 3 is 2.57 bits per heavy atom. The SMILES string of the molecule is CC[C@H]1S[C@H](c2ccccc2Cl)N(CC[NH+]2CCN(C(=O)C(C)C)CC2)C1=O. The van der Waals surface area contributed by atoms with E-state index in [1.807, 2.05) is 47.9 Å². The van der Waals surface area contributed by atoms with Crippen LogP contribution in [0.3, 0.4) is 0 Å². The molecule has 0 bridgehead atoms. The molecule has 0 aliphatic carbocycles. The Bertz CT molecular complexity index is 707.